The van der Waals surface area contributed by atoms with Gasteiger partial charge in [-0.05, 0) is 66.1 Å². The first-order chi connectivity index (χ1) is 18.3. The molecule has 0 heterocycles. The minimum Gasteiger partial charge on any atom is -0.489 e. The standard InChI is InChI=1S/C30H30N2O4S2/c1-23-19-25(22-37-28-11-7-4-8-12-28)13-18-29(23)31-30(33)20-32(38(2,34)35)26-14-16-27(17-15-26)36-21-24-9-5-3-6-10-24/h3-19H,20-22H2,1-2H3,(H,31,33). The maximum atomic E-state index is 12.9. The van der Waals surface area contributed by atoms with Crippen molar-refractivity contribution in [1.82, 2.24) is 0 Å². The molecular formula is C30H30N2O4S2. The Kier molecular flexibility index (Phi) is 9.10. The number of rotatable bonds is 11. The molecule has 0 saturated carbocycles. The third-order valence-corrected chi connectivity index (χ3v) is 8.00. The molecule has 0 aliphatic carbocycles. The maximum absolute atomic E-state index is 12.9. The number of aryl methyl sites for hydroxylation is 1. The first kappa shape index (κ1) is 27.3. The van der Waals surface area contributed by atoms with Gasteiger partial charge in [-0.15, -0.1) is 11.8 Å². The molecule has 0 aliphatic rings. The molecule has 0 aromatic heterocycles. The Hall–Kier alpha value is -3.75. The molecule has 1 N–H and O–H groups in total. The number of anilines is 2. The second-order valence-corrected chi connectivity index (χ2v) is 11.8. The number of ether oxygens (including phenoxy) is 1. The molecule has 0 spiro atoms. The zero-order valence-electron chi connectivity index (χ0n) is 21.3. The number of carbonyl (C=O) groups excluding carboxylic acids is 1. The highest BCUT2D eigenvalue weighted by Crippen LogP contribution is 2.26. The van der Waals surface area contributed by atoms with Crippen molar-refractivity contribution in [2.24, 2.45) is 0 Å². The fraction of sp³-hybridized carbons (Fsp3) is 0.167. The molecule has 0 aliphatic heterocycles. The fourth-order valence-electron chi connectivity index (χ4n) is 3.81. The van der Waals surface area contributed by atoms with Crippen LogP contribution in [0.4, 0.5) is 11.4 Å². The molecule has 0 bridgehead atoms. The van der Waals surface area contributed by atoms with E-state index in [0.717, 1.165) is 33.0 Å². The smallest absolute Gasteiger partial charge is 0.245 e. The van der Waals surface area contributed by atoms with Crippen LogP contribution in [0.1, 0.15) is 16.7 Å². The second-order valence-electron chi connectivity index (χ2n) is 8.84. The molecule has 0 atom stereocenters. The van der Waals surface area contributed by atoms with Gasteiger partial charge in [-0.3, -0.25) is 9.10 Å². The summed E-state index contributed by atoms with van der Waals surface area (Å²) in [6.45, 7) is 1.99. The van der Waals surface area contributed by atoms with Crippen LogP contribution in [0.15, 0.2) is 108 Å². The number of hydrogen-bond acceptors (Lipinski definition) is 5. The Labute approximate surface area is 228 Å². The number of nitrogens with zero attached hydrogens (tertiary/aromatic N) is 1. The van der Waals surface area contributed by atoms with Gasteiger partial charge in [-0.1, -0.05) is 60.7 Å². The summed E-state index contributed by atoms with van der Waals surface area (Å²) < 4.78 is 31.9. The highest BCUT2D eigenvalue weighted by Gasteiger charge is 2.21. The van der Waals surface area contributed by atoms with E-state index < -0.39 is 15.9 Å². The lowest BCUT2D eigenvalue weighted by Gasteiger charge is -2.22. The molecule has 0 fully saturated rings. The predicted octanol–water partition coefficient (Wildman–Crippen LogP) is 6.27. The van der Waals surface area contributed by atoms with Crippen molar-refractivity contribution in [3.8, 4) is 5.75 Å². The van der Waals surface area contributed by atoms with E-state index in [2.05, 4.69) is 17.4 Å². The Morgan fingerprint density at radius 1 is 0.868 bits per heavy atom. The number of carbonyl (C=O) groups is 1. The van der Waals surface area contributed by atoms with Crippen LogP contribution < -0.4 is 14.4 Å². The Bertz CT molecular complexity index is 1460. The molecule has 196 valence electrons. The first-order valence-corrected chi connectivity index (χ1v) is 14.9. The van der Waals surface area contributed by atoms with E-state index in [4.69, 9.17) is 4.74 Å². The zero-order valence-corrected chi connectivity index (χ0v) is 23.0. The van der Waals surface area contributed by atoms with Crippen LogP contribution in [0.3, 0.4) is 0 Å². The lowest BCUT2D eigenvalue weighted by Crippen LogP contribution is -2.37. The number of benzene rings is 4. The van der Waals surface area contributed by atoms with Gasteiger partial charge < -0.3 is 10.1 Å². The van der Waals surface area contributed by atoms with Crippen molar-refractivity contribution >= 4 is 39.1 Å². The third-order valence-electron chi connectivity index (χ3n) is 5.77. The lowest BCUT2D eigenvalue weighted by atomic mass is 10.1. The van der Waals surface area contributed by atoms with Crippen LogP contribution in [0, 0.1) is 6.92 Å². The summed E-state index contributed by atoms with van der Waals surface area (Å²) in [6.07, 6.45) is 1.09. The average molecular weight is 547 g/mol. The van der Waals surface area contributed by atoms with Crippen LogP contribution >= 0.6 is 11.8 Å². The average Bonchev–Trinajstić information content (AvgIpc) is 2.92. The molecule has 4 aromatic carbocycles. The van der Waals surface area contributed by atoms with E-state index in [9.17, 15) is 13.2 Å². The van der Waals surface area contributed by atoms with Gasteiger partial charge in [0, 0.05) is 16.3 Å². The van der Waals surface area contributed by atoms with Crippen molar-refractivity contribution in [2.45, 2.75) is 24.2 Å². The third kappa shape index (κ3) is 7.87. The molecular weight excluding hydrogens is 516 g/mol. The molecule has 0 saturated heterocycles. The van der Waals surface area contributed by atoms with E-state index in [1.165, 1.54) is 4.90 Å². The highest BCUT2D eigenvalue weighted by atomic mass is 32.2. The summed E-state index contributed by atoms with van der Waals surface area (Å²) >= 11 is 1.74. The quantitative estimate of drug-likeness (QED) is 0.224. The van der Waals surface area contributed by atoms with Gasteiger partial charge in [-0.2, -0.15) is 0 Å². The largest absolute Gasteiger partial charge is 0.489 e. The molecule has 4 rings (SSSR count). The number of sulfonamides is 1. The minimum atomic E-state index is -3.70. The summed E-state index contributed by atoms with van der Waals surface area (Å²) in [5, 5.41) is 2.86. The van der Waals surface area contributed by atoms with Crippen LogP contribution in [-0.4, -0.2) is 27.1 Å². The molecule has 6 nitrogen and oxygen atoms in total. The predicted molar refractivity (Wildman–Crippen MR) is 155 cm³/mol. The summed E-state index contributed by atoms with van der Waals surface area (Å²) in [7, 11) is -3.70. The van der Waals surface area contributed by atoms with Crippen LogP contribution in [0.2, 0.25) is 0 Å². The van der Waals surface area contributed by atoms with Gasteiger partial charge in [0.05, 0.1) is 11.9 Å². The van der Waals surface area contributed by atoms with E-state index >= 15 is 0 Å². The van der Waals surface area contributed by atoms with E-state index in [1.54, 1.807) is 36.0 Å². The maximum Gasteiger partial charge on any atom is 0.245 e. The zero-order chi connectivity index (χ0) is 27.0. The van der Waals surface area contributed by atoms with Gasteiger partial charge in [-0.25, -0.2) is 8.42 Å². The van der Waals surface area contributed by atoms with E-state index in [0.29, 0.717) is 23.7 Å². The fourth-order valence-corrected chi connectivity index (χ4v) is 5.53. The molecule has 8 heteroatoms. The Morgan fingerprint density at radius 2 is 1.53 bits per heavy atom. The number of nitrogens with one attached hydrogen (secondary N) is 1. The lowest BCUT2D eigenvalue weighted by molar-refractivity contribution is -0.114. The summed E-state index contributed by atoms with van der Waals surface area (Å²) in [5.74, 6) is 0.998. The number of thioether (sulfide) groups is 1. The SMILES string of the molecule is Cc1cc(CSc2ccccc2)ccc1NC(=O)CN(c1ccc(OCc2ccccc2)cc1)S(C)(=O)=O. The topological polar surface area (TPSA) is 75.7 Å². The van der Waals surface area contributed by atoms with Gasteiger partial charge in [0.15, 0.2) is 0 Å². The van der Waals surface area contributed by atoms with Gasteiger partial charge in [0.1, 0.15) is 18.9 Å². The van der Waals surface area contributed by atoms with Crippen molar-refractivity contribution in [2.75, 3.05) is 22.4 Å². The Morgan fingerprint density at radius 3 is 2.16 bits per heavy atom. The summed E-state index contributed by atoms with van der Waals surface area (Å²) in [6, 6.07) is 32.5. The molecule has 38 heavy (non-hydrogen) atoms. The van der Waals surface area contributed by atoms with Crippen molar-refractivity contribution in [1.29, 1.82) is 0 Å². The minimum absolute atomic E-state index is 0.339. The molecule has 0 radical (unpaired) electrons. The normalized spacial score (nSPS) is 11.1. The van der Waals surface area contributed by atoms with Crippen LogP contribution in [-0.2, 0) is 27.2 Å². The molecule has 0 unspecified atom stereocenters. The van der Waals surface area contributed by atoms with Gasteiger partial charge in [0.2, 0.25) is 15.9 Å². The van der Waals surface area contributed by atoms with Crippen LogP contribution in [0.25, 0.3) is 0 Å². The summed E-state index contributed by atoms with van der Waals surface area (Å²) in [4.78, 5) is 14.1. The highest BCUT2D eigenvalue weighted by molar-refractivity contribution is 7.98. The van der Waals surface area contributed by atoms with Crippen LogP contribution in [0.5, 0.6) is 5.75 Å². The molecule has 1 amide bonds. The summed E-state index contributed by atoms with van der Waals surface area (Å²) in [5.41, 5.74) is 4.13. The monoisotopic (exact) mass is 546 g/mol. The van der Waals surface area contributed by atoms with Gasteiger partial charge in [0.25, 0.3) is 0 Å². The van der Waals surface area contributed by atoms with Crippen molar-refractivity contribution in [3.63, 3.8) is 0 Å². The molecule has 4 aromatic rings. The van der Waals surface area contributed by atoms with E-state index in [1.807, 2.05) is 73.7 Å². The van der Waals surface area contributed by atoms with Crippen molar-refractivity contribution < 1.29 is 17.9 Å². The number of hydrogen-bond donors (Lipinski definition) is 1. The van der Waals surface area contributed by atoms with Gasteiger partial charge >= 0.3 is 0 Å². The first-order valence-electron chi connectivity index (χ1n) is 12.1. The van der Waals surface area contributed by atoms with E-state index in [-0.39, 0.29) is 6.54 Å². The number of amides is 1. The van der Waals surface area contributed by atoms with Crippen molar-refractivity contribution in [3.05, 3.63) is 120 Å². The Balaban J connectivity index is 1.37. The second kappa shape index (κ2) is 12.7.